The van der Waals surface area contributed by atoms with Gasteiger partial charge >= 0.3 is 0 Å². The quantitative estimate of drug-likeness (QED) is 0.277. The Morgan fingerprint density at radius 1 is 0.862 bits per heavy atom. The van der Waals surface area contributed by atoms with Crippen LogP contribution in [0, 0.1) is 0 Å². The first kappa shape index (κ1) is 20.0. The molecule has 0 bridgehead atoms. The van der Waals surface area contributed by atoms with E-state index in [-0.39, 0.29) is 18.9 Å². The molecule has 0 aliphatic carbocycles. The van der Waals surface area contributed by atoms with Crippen LogP contribution in [0.25, 0.3) is 10.8 Å². The molecule has 0 aliphatic heterocycles. The van der Waals surface area contributed by atoms with Gasteiger partial charge in [0, 0.05) is 12.0 Å². The highest BCUT2D eigenvalue weighted by atomic mass is 16.2. The van der Waals surface area contributed by atoms with Crippen LogP contribution in [0.2, 0.25) is 0 Å². The van der Waals surface area contributed by atoms with Crippen molar-refractivity contribution in [2.45, 2.75) is 12.5 Å². The van der Waals surface area contributed by atoms with Crippen molar-refractivity contribution in [1.29, 1.82) is 0 Å². The number of hydrazine groups is 1. The van der Waals surface area contributed by atoms with E-state index in [0.717, 1.165) is 16.3 Å². The number of hydrogen-bond donors (Lipinski definition) is 4. The van der Waals surface area contributed by atoms with Gasteiger partial charge in [-0.2, -0.15) is 0 Å². The molecule has 0 aromatic heterocycles. The Kier molecular flexibility index (Phi) is 6.55. The number of rotatable bonds is 7. The second-order valence-electron chi connectivity index (χ2n) is 6.56. The number of carbonyl (C=O) groups excluding carboxylic acids is 3. The summed E-state index contributed by atoms with van der Waals surface area (Å²) in [6.07, 6.45) is 0.288. The molecule has 1 unspecified atom stereocenters. The first-order valence-corrected chi connectivity index (χ1v) is 9.17. The summed E-state index contributed by atoms with van der Waals surface area (Å²) in [7, 11) is 0. The number of benzene rings is 3. The lowest BCUT2D eigenvalue weighted by atomic mass is 10.0. The van der Waals surface area contributed by atoms with Gasteiger partial charge in [-0.25, -0.2) is 5.84 Å². The topological polar surface area (TPSA) is 113 Å². The van der Waals surface area contributed by atoms with Gasteiger partial charge in [0.1, 0.15) is 6.04 Å². The number of hydrogen-bond acceptors (Lipinski definition) is 4. The highest BCUT2D eigenvalue weighted by Crippen LogP contribution is 2.16. The maximum absolute atomic E-state index is 12.8. The highest BCUT2D eigenvalue weighted by molar-refractivity contribution is 6.01. The van der Waals surface area contributed by atoms with E-state index in [9.17, 15) is 14.4 Å². The first-order valence-electron chi connectivity index (χ1n) is 9.17. The molecule has 0 spiro atoms. The number of carbonyl (C=O) groups is 3. The molecule has 0 saturated carbocycles. The summed E-state index contributed by atoms with van der Waals surface area (Å²) in [5, 5.41) is 7.23. The average molecular weight is 390 g/mol. The third-order valence-corrected chi connectivity index (χ3v) is 4.50. The smallest absolute Gasteiger partial charge is 0.253 e. The number of nitrogens with one attached hydrogen (secondary N) is 3. The normalized spacial score (nSPS) is 11.5. The monoisotopic (exact) mass is 390 g/mol. The Bertz CT molecular complexity index is 1020. The Balaban J connectivity index is 1.77. The van der Waals surface area contributed by atoms with Crippen LogP contribution in [0.3, 0.4) is 0 Å². The fourth-order valence-corrected chi connectivity index (χ4v) is 2.97. The van der Waals surface area contributed by atoms with Gasteiger partial charge in [0.15, 0.2) is 0 Å². The highest BCUT2D eigenvalue weighted by Gasteiger charge is 2.22. The zero-order valence-electron chi connectivity index (χ0n) is 15.7. The van der Waals surface area contributed by atoms with Crippen LogP contribution in [0.15, 0.2) is 72.8 Å². The Morgan fingerprint density at radius 2 is 1.55 bits per heavy atom. The predicted molar refractivity (Wildman–Crippen MR) is 111 cm³/mol. The van der Waals surface area contributed by atoms with Crippen molar-refractivity contribution in [3.8, 4) is 0 Å². The van der Waals surface area contributed by atoms with Gasteiger partial charge in [0.05, 0.1) is 6.54 Å². The molecule has 0 saturated heterocycles. The molecule has 7 nitrogen and oxygen atoms in total. The largest absolute Gasteiger partial charge is 0.345 e. The minimum atomic E-state index is -0.845. The van der Waals surface area contributed by atoms with E-state index in [2.05, 4.69) is 10.6 Å². The first-order chi connectivity index (χ1) is 14.1. The van der Waals surface area contributed by atoms with E-state index in [1.165, 1.54) is 0 Å². The summed E-state index contributed by atoms with van der Waals surface area (Å²) in [5.74, 6) is 3.68. The maximum atomic E-state index is 12.8. The Morgan fingerprint density at radius 3 is 2.28 bits per heavy atom. The van der Waals surface area contributed by atoms with Gasteiger partial charge < -0.3 is 10.6 Å². The Labute approximate surface area is 168 Å². The molecule has 3 rings (SSSR count). The van der Waals surface area contributed by atoms with E-state index >= 15 is 0 Å². The summed E-state index contributed by atoms with van der Waals surface area (Å²) in [6, 6.07) is 21.6. The lowest BCUT2D eigenvalue weighted by Crippen LogP contribution is -2.50. The van der Waals surface area contributed by atoms with Crippen LogP contribution in [0.5, 0.6) is 0 Å². The van der Waals surface area contributed by atoms with E-state index in [1.807, 2.05) is 66.1 Å². The molecular weight excluding hydrogens is 368 g/mol. The molecule has 7 heteroatoms. The van der Waals surface area contributed by atoms with E-state index in [0.29, 0.717) is 5.56 Å². The van der Waals surface area contributed by atoms with Gasteiger partial charge in [-0.3, -0.25) is 19.8 Å². The summed E-state index contributed by atoms with van der Waals surface area (Å²) in [4.78, 5) is 36.7. The van der Waals surface area contributed by atoms with Crippen LogP contribution in [0.4, 0.5) is 0 Å². The van der Waals surface area contributed by atoms with Crippen molar-refractivity contribution >= 4 is 28.5 Å². The molecule has 3 aromatic rings. The molecule has 148 valence electrons. The fourth-order valence-electron chi connectivity index (χ4n) is 2.97. The minimum absolute atomic E-state index is 0.271. The molecule has 5 N–H and O–H groups in total. The van der Waals surface area contributed by atoms with Crippen molar-refractivity contribution in [3.63, 3.8) is 0 Å². The molecule has 0 fully saturated rings. The SMILES string of the molecule is NNC(=O)CNC(=O)C(Cc1ccccc1)NC(=O)c1ccc2ccccc2c1. The van der Waals surface area contributed by atoms with E-state index in [1.54, 1.807) is 12.1 Å². The standard InChI is InChI=1S/C22H22N4O3/c23-26-20(27)14-24-22(29)19(12-15-6-2-1-3-7-15)25-21(28)18-11-10-16-8-4-5-9-17(16)13-18/h1-11,13,19H,12,14,23H2,(H,24,29)(H,25,28)(H,26,27). The summed E-state index contributed by atoms with van der Waals surface area (Å²) in [6.45, 7) is -0.271. The second kappa shape index (κ2) is 9.48. The number of nitrogens with two attached hydrogens (primary N) is 1. The lowest BCUT2D eigenvalue weighted by Gasteiger charge is -2.19. The third-order valence-electron chi connectivity index (χ3n) is 4.50. The molecule has 3 aromatic carbocycles. The van der Waals surface area contributed by atoms with Gasteiger partial charge in [-0.05, 0) is 28.5 Å². The summed E-state index contributed by atoms with van der Waals surface area (Å²) in [5.41, 5.74) is 3.29. The molecule has 1 atom stereocenters. The third kappa shape index (κ3) is 5.40. The molecule has 0 heterocycles. The van der Waals surface area contributed by atoms with E-state index in [4.69, 9.17) is 5.84 Å². The molecule has 3 amide bonds. The molecule has 0 radical (unpaired) electrons. The van der Waals surface area contributed by atoms with Crippen molar-refractivity contribution in [3.05, 3.63) is 83.9 Å². The van der Waals surface area contributed by atoms with Crippen molar-refractivity contribution in [2.24, 2.45) is 5.84 Å². The lowest BCUT2D eigenvalue weighted by molar-refractivity contribution is -0.127. The van der Waals surface area contributed by atoms with Crippen molar-refractivity contribution in [1.82, 2.24) is 16.1 Å². The molecule has 29 heavy (non-hydrogen) atoms. The minimum Gasteiger partial charge on any atom is -0.345 e. The average Bonchev–Trinajstić information content (AvgIpc) is 2.77. The zero-order chi connectivity index (χ0) is 20.6. The van der Waals surface area contributed by atoms with Gasteiger partial charge in [-0.15, -0.1) is 0 Å². The van der Waals surface area contributed by atoms with Crippen molar-refractivity contribution in [2.75, 3.05) is 6.54 Å². The van der Waals surface area contributed by atoms with Crippen LogP contribution < -0.4 is 21.9 Å². The van der Waals surface area contributed by atoms with Crippen LogP contribution in [-0.4, -0.2) is 30.3 Å². The molecular formula is C22H22N4O3. The van der Waals surface area contributed by atoms with E-state index < -0.39 is 17.9 Å². The summed E-state index contributed by atoms with van der Waals surface area (Å²) < 4.78 is 0. The zero-order valence-corrected chi connectivity index (χ0v) is 15.7. The maximum Gasteiger partial charge on any atom is 0.253 e. The molecule has 0 aliphatic rings. The number of amides is 3. The van der Waals surface area contributed by atoms with Gasteiger partial charge in [-0.1, -0.05) is 60.7 Å². The predicted octanol–water partition coefficient (Wildman–Crippen LogP) is 1.29. The van der Waals surface area contributed by atoms with Crippen LogP contribution >= 0.6 is 0 Å². The van der Waals surface area contributed by atoms with Crippen LogP contribution in [-0.2, 0) is 16.0 Å². The van der Waals surface area contributed by atoms with Crippen molar-refractivity contribution < 1.29 is 14.4 Å². The second-order valence-corrected chi connectivity index (χ2v) is 6.56. The van der Waals surface area contributed by atoms with Crippen LogP contribution in [0.1, 0.15) is 15.9 Å². The fraction of sp³-hybridized carbons (Fsp3) is 0.136. The number of fused-ring (bicyclic) bond motifs is 1. The van der Waals surface area contributed by atoms with Gasteiger partial charge in [0.25, 0.3) is 11.8 Å². The Hall–Kier alpha value is -3.71. The summed E-state index contributed by atoms with van der Waals surface area (Å²) >= 11 is 0. The van der Waals surface area contributed by atoms with Gasteiger partial charge in [0.2, 0.25) is 5.91 Å².